The topological polar surface area (TPSA) is 27.7 Å². The number of morpholine rings is 1. The number of thiocarbonyl (C=S) groups is 1. The number of halogens is 2. The van der Waals surface area contributed by atoms with Crippen molar-refractivity contribution in [3.8, 4) is 0 Å². The van der Waals surface area contributed by atoms with E-state index < -0.39 is 0 Å². The molecule has 1 aliphatic rings. The van der Waals surface area contributed by atoms with Gasteiger partial charge in [0.2, 0.25) is 0 Å². The molecule has 150 valence electrons. The zero-order chi connectivity index (χ0) is 19.8. The van der Waals surface area contributed by atoms with Crippen molar-refractivity contribution in [2.45, 2.75) is 13.0 Å². The van der Waals surface area contributed by atoms with Crippen LogP contribution >= 0.6 is 23.8 Å². The fourth-order valence-corrected chi connectivity index (χ4v) is 3.65. The highest BCUT2D eigenvalue weighted by atomic mass is 35.5. The van der Waals surface area contributed by atoms with Crippen LogP contribution in [-0.2, 0) is 11.3 Å². The predicted octanol–water partition coefficient (Wildman–Crippen LogP) is 4.40. The van der Waals surface area contributed by atoms with Gasteiger partial charge >= 0.3 is 0 Å². The monoisotopic (exact) mass is 421 g/mol. The molecular weight excluding hydrogens is 397 g/mol. The lowest BCUT2D eigenvalue weighted by molar-refractivity contribution is 0.0368. The summed E-state index contributed by atoms with van der Waals surface area (Å²) >= 11 is 11.7. The minimum absolute atomic E-state index is 0.237. The molecule has 0 atom stereocenters. The normalized spacial score (nSPS) is 14.6. The Bertz CT molecular complexity index is 786. The van der Waals surface area contributed by atoms with E-state index >= 15 is 0 Å². The lowest BCUT2D eigenvalue weighted by atomic mass is 10.2. The van der Waals surface area contributed by atoms with Crippen LogP contribution in [0.3, 0.4) is 0 Å². The summed E-state index contributed by atoms with van der Waals surface area (Å²) in [7, 11) is 0. The lowest BCUT2D eigenvalue weighted by Crippen LogP contribution is -2.40. The highest BCUT2D eigenvalue weighted by Crippen LogP contribution is 2.17. The summed E-state index contributed by atoms with van der Waals surface area (Å²) in [5.74, 6) is -0.237. The molecule has 0 spiro atoms. The van der Waals surface area contributed by atoms with E-state index in [-0.39, 0.29) is 5.82 Å². The third-order valence-corrected chi connectivity index (χ3v) is 5.23. The number of anilines is 1. The average Bonchev–Trinajstić information content (AvgIpc) is 2.68. The molecule has 7 heteroatoms. The minimum Gasteiger partial charge on any atom is -0.379 e. The van der Waals surface area contributed by atoms with Crippen molar-refractivity contribution in [3.05, 3.63) is 64.9 Å². The maximum atomic E-state index is 13.6. The van der Waals surface area contributed by atoms with Gasteiger partial charge in [0.15, 0.2) is 5.11 Å². The summed E-state index contributed by atoms with van der Waals surface area (Å²) in [5.41, 5.74) is 1.73. The van der Waals surface area contributed by atoms with Gasteiger partial charge in [-0.15, -0.1) is 0 Å². The Morgan fingerprint density at radius 1 is 1.18 bits per heavy atom. The van der Waals surface area contributed by atoms with E-state index in [1.54, 1.807) is 12.1 Å². The second-order valence-electron chi connectivity index (χ2n) is 6.80. The molecule has 2 aromatic rings. The van der Waals surface area contributed by atoms with Crippen molar-refractivity contribution in [1.29, 1.82) is 0 Å². The van der Waals surface area contributed by atoms with Gasteiger partial charge in [0, 0.05) is 43.4 Å². The van der Waals surface area contributed by atoms with Crippen LogP contribution in [-0.4, -0.2) is 54.3 Å². The van der Waals surface area contributed by atoms with E-state index in [1.165, 1.54) is 6.07 Å². The molecule has 1 heterocycles. The van der Waals surface area contributed by atoms with Gasteiger partial charge in [0.25, 0.3) is 0 Å². The number of nitrogens with one attached hydrogen (secondary N) is 1. The van der Waals surface area contributed by atoms with Crippen molar-refractivity contribution >= 4 is 34.6 Å². The highest BCUT2D eigenvalue weighted by Gasteiger charge is 2.14. The first-order chi connectivity index (χ1) is 13.6. The second-order valence-corrected chi connectivity index (χ2v) is 7.62. The molecule has 0 aliphatic carbocycles. The van der Waals surface area contributed by atoms with Crippen LogP contribution < -0.4 is 5.32 Å². The first-order valence-electron chi connectivity index (χ1n) is 9.46. The van der Waals surface area contributed by atoms with Crippen LogP contribution in [0.1, 0.15) is 12.0 Å². The zero-order valence-corrected chi connectivity index (χ0v) is 17.3. The van der Waals surface area contributed by atoms with Crippen molar-refractivity contribution in [1.82, 2.24) is 9.80 Å². The van der Waals surface area contributed by atoms with E-state index in [1.807, 2.05) is 30.3 Å². The smallest absolute Gasteiger partial charge is 0.173 e. The first-order valence-corrected chi connectivity index (χ1v) is 10.2. The number of nitrogens with zero attached hydrogens (tertiary/aromatic N) is 2. The number of rotatable bonds is 7. The molecule has 0 amide bonds. The van der Waals surface area contributed by atoms with Crippen molar-refractivity contribution in [2.24, 2.45) is 0 Å². The summed E-state index contributed by atoms with van der Waals surface area (Å²) in [4.78, 5) is 4.47. The van der Waals surface area contributed by atoms with Gasteiger partial charge in [-0.1, -0.05) is 29.8 Å². The number of ether oxygens (including phenoxy) is 1. The molecule has 1 saturated heterocycles. The Hall–Kier alpha value is -1.73. The van der Waals surface area contributed by atoms with Gasteiger partial charge in [-0.3, -0.25) is 4.90 Å². The van der Waals surface area contributed by atoms with Crippen molar-refractivity contribution < 1.29 is 9.13 Å². The molecule has 0 radical (unpaired) electrons. The summed E-state index contributed by atoms with van der Waals surface area (Å²) in [6, 6.07) is 14.1. The summed E-state index contributed by atoms with van der Waals surface area (Å²) in [6.07, 6.45) is 0.965. The second kappa shape index (κ2) is 10.7. The van der Waals surface area contributed by atoms with E-state index in [9.17, 15) is 4.39 Å². The van der Waals surface area contributed by atoms with Gasteiger partial charge in [0.1, 0.15) is 5.82 Å². The maximum absolute atomic E-state index is 13.6. The number of hydrogen-bond acceptors (Lipinski definition) is 3. The molecule has 1 fully saturated rings. The van der Waals surface area contributed by atoms with Gasteiger partial charge in [0.05, 0.1) is 13.2 Å². The Morgan fingerprint density at radius 2 is 1.96 bits per heavy atom. The maximum Gasteiger partial charge on any atom is 0.173 e. The van der Waals surface area contributed by atoms with Gasteiger partial charge in [-0.05, 0) is 54.5 Å². The standard InChI is InChI=1S/C21H25ClFN3OS/c22-18-5-2-7-20(15-18)24-21(28)26(16-17-4-1-6-19(23)14-17)9-3-8-25-10-12-27-13-11-25/h1-2,4-7,14-15H,3,8-13,16H2,(H,24,28). The Kier molecular flexibility index (Phi) is 8.03. The third-order valence-electron chi connectivity index (χ3n) is 4.63. The van der Waals surface area contributed by atoms with Gasteiger partial charge < -0.3 is 15.0 Å². The predicted molar refractivity (Wildman–Crippen MR) is 116 cm³/mol. The molecule has 0 unspecified atom stereocenters. The SMILES string of the molecule is Fc1cccc(CN(CCCN2CCOCC2)C(=S)Nc2cccc(Cl)c2)c1. The van der Waals surface area contributed by atoms with Crippen molar-refractivity contribution in [3.63, 3.8) is 0 Å². The molecule has 1 aliphatic heterocycles. The van der Waals surface area contributed by atoms with E-state index in [0.717, 1.165) is 57.1 Å². The summed E-state index contributed by atoms with van der Waals surface area (Å²) in [5, 5.41) is 4.51. The Labute approximate surface area is 176 Å². The van der Waals surface area contributed by atoms with Crippen LogP contribution in [0.25, 0.3) is 0 Å². The Balaban J connectivity index is 1.63. The number of benzene rings is 2. The van der Waals surface area contributed by atoms with E-state index in [2.05, 4.69) is 15.1 Å². The molecule has 3 rings (SSSR count). The molecule has 0 bridgehead atoms. The van der Waals surface area contributed by atoms with Crippen LogP contribution in [0.5, 0.6) is 0 Å². The minimum atomic E-state index is -0.237. The fourth-order valence-electron chi connectivity index (χ4n) is 3.19. The highest BCUT2D eigenvalue weighted by molar-refractivity contribution is 7.80. The molecule has 4 nitrogen and oxygen atoms in total. The quantitative estimate of drug-likeness (QED) is 0.669. The van der Waals surface area contributed by atoms with Crippen LogP contribution in [0.15, 0.2) is 48.5 Å². The largest absolute Gasteiger partial charge is 0.379 e. The van der Waals surface area contributed by atoms with E-state index in [0.29, 0.717) is 16.7 Å². The first kappa shape index (κ1) is 21.0. The fraction of sp³-hybridized carbons (Fsp3) is 0.381. The van der Waals surface area contributed by atoms with E-state index in [4.69, 9.17) is 28.6 Å². The molecule has 2 aromatic carbocycles. The molecule has 28 heavy (non-hydrogen) atoms. The number of hydrogen-bond donors (Lipinski definition) is 1. The average molecular weight is 422 g/mol. The third kappa shape index (κ3) is 6.71. The molecule has 0 aromatic heterocycles. The molecule has 1 N–H and O–H groups in total. The van der Waals surface area contributed by atoms with Crippen LogP contribution in [0.4, 0.5) is 10.1 Å². The molecule has 0 saturated carbocycles. The van der Waals surface area contributed by atoms with Gasteiger partial charge in [-0.2, -0.15) is 0 Å². The van der Waals surface area contributed by atoms with Gasteiger partial charge in [-0.25, -0.2) is 4.39 Å². The summed E-state index contributed by atoms with van der Waals surface area (Å²) in [6.45, 7) is 5.84. The molecular formula is C21H25ClFN3OS. The lowest BCUT2D eigenvalue weighted by Gasteiger charge is -2.29. The van der Waals surface area contributed by atoms with Crippen LogP contribution in [0, 0.1) is 5.82 Å². The van der Waals surface area contributed by atoms with Crippen LogP contribution in [0.2, 0.25) is 5.02 Å². The zero-order valence-electron chi connectivity index (χ0n) is 15.7. The Morgan fingerprint density at radius 3 is 2.71 bits per heavy atom. The van der Waals surface area contributed by atoms with Crippen molar-refractivity contribution in [2.75, 3.05) is 44.7 Å². The summed E-state index contributed by atoms with van der Waals surface area (Å²) < 4.78 is 19.0.